The van der Waals surface area contributed by atoms with Crippen LogP contribution in [0.25, 0.3) is 0 Å². The maximum atomic E-state index is 2.46. The van der Waals surface area contributed by atoms with Crippen molar-refractivity contribution < 1.29 is 10.1 Å². The Morgan fingerprint density at radius 1 is 1.20 bits per heavy atom. The van der Waals surface area contributed by atoms with Crippen molar-refractivity contribution in [3.63, 3.8) is 0 Å². The third kappa shape index (κ3) is 23.4. The van der Waals surface area contributed by atoms with Crippen LogP contribution >= 0.6 is 39.5 Å². The predicted octanol–water partition coefficient (Wildman–Crippen LogP) is 2.80. The molecule has 0 heterocycles. The fraction of sp³-hybridized carbons (Fsp3) is 1.00. The molecule has 5 heavy (non-hydrogen) atoms. The summed E-state index contributed by atoms with van der Waals surface area (Å²) in [5, 5.41) is 0. The fourth-order valence-corrected chi connectivity index (χ4v) is 0. The summed E-state index contributed by atoms with van der Waals surface area (Å²) in [5.74, 6) is 0. The van der Waals surface area contributed by atoms with Crippen molar-refractivity contribution in [3.8, 4) is 0 Å². The van der Waals surface area contributed by atoms with Gasteiger partial charge in [0, 0.05) is 0 Å². The fourth-order valence-electron chi connectivity index (χ4n) is 0. The number of hydrogen-bond donors (Lipinski definition) is 0. The number of hydrogen-bond acceptors (Lipinski definition) is 0. The first-order valence-electron chi connectivity index (χ1n) is 1.53. The van der Waals surface area contributed by atoms with Crippen LogP contribution in [0.1, 0.15) is 13.8 Å². The Hall–Kier alpha value is 2.08. The summed E-state index contributed by atoms with van der Waals surface area (Å²) in [5.41, 5.74) is 0. The zero-order valence-electron chi connectivity index (χ0n) is 3.46. The van der Waals surface area contributed by atoms with Crippen LogP contribution in [0.2, 0.25) is 0 Å². The van der Waals surface area contributed by atoms with Crippen LogP contribution in [0.5, 0.6) is 0 Å². The van der Waals surface area contributed by atoms with Gasteiger partial charge in [0.1, 0.15) is 0 Å². The van der Waals surface area contributed by atoms with Gasteiger partial charge in [-0.25, -0.2) is 0 Å². The van der Waals surface area contributed by atoms with Crippen molar-refractivity contribution >= 4 is 39.5 Å². The number of rotatable bonds is 0. The Morgan fingerprint density at radius 2 is 1.20 bits per heavy atom. The molecule has 0 aromatic rings. The van der Waals surface area contributed by atoms with E-state index < -0.39 is 0 Å². The van der Waals surface area contributed by atoms with E-state index in [1.807, 2.05) is 13.8 Å². The molecule has 0 atom stereocenters. The second-order valence-electron chi connectivity index (χ2n) is 0.101. The Bertz CT molecular complexity index is 7.61. The standard InChI is InChI=1S/C2H6.2HI.Zn/c1-2;;;/h1-2H3;2*1H;/q;;;+2/p-2. The van der Waals surface area contributed by atoms with E-state index in [9.17, 15) is 0 Å². The number of halogens is 2. The van der Waals surface area contributed by atoms with E-state index in [1.165, 1.54) is 0 Å². The molecular formula is C2H6I2Zn. The third-order valence-corrected chi connectivity index (χ3v) is 0. The summed E-state index contributed by atoms with van der Waals surface area (Å²) in [6.07, 6.45) is 0. The first-order chi connectivity index (χ1) is 2.41. The summed E-state index contributed by atoms with van der Waals surface area (Å²) in [6, 6.07) is 0. The third-order valence-electron chi connectivity index (χ3n) is 0. The predicted molar refractivity (Wildman–Crippen MR) is 39.4 cm³/mol. The maximum absolute atomic E-state index is 2.46. The molecule has 0 N–H and O–H groups in total. The van der Waals surface area contributed by atoms with E-state index in [2.05, 4.69) is 39.5 Å². The molecule has 0 fully saturated rings. The summed E-state index contributed by atoms with van der Waals surface area (Å²) in [6.45, 7) is 4.00. The van der Waals surface area contributed by atoms with Gasteiger partial charge < -0.3 is 0 Å². The van der Waals surface area contributed by atoms with Crippen molar-refractivity contribution in [1.29, 1.82) is 0 Å². The Labute approximate surface area is 62.4 Å². The molecule has 0 unspecified atom stereocenters. The van der Waals surface area contributed by atoms with Gasteiger partial charge in [0.2, 0.25) is 0 Å². The first kappa shape index (κ1) is 10.1. The molecule has 0 amide bonds. The van der Waals surface area contributed by atoms with Gasteiger partial charge in [-0.3, -0.25) is 0 Å². The van der Waals surface area contributed by atoms with Gasteiger partial charge >= 0.3 is 49.6 Å². The molecule has 3 heteroatoms. The Morgan fingerprint density at radius 3 is 1.20 bits per heavy atom. The molecule has 0 nitrogen and oxygen atoms in total. The average Bonchev–Trinajstić information content (AvgIpc) is 1.46. The van der Waals surface area contributed by atoms with Gasteiger partial charge in [0.25, 0.3) is 0 Å². The van der Waals surface area contributed by atoms with Crippen LogP contribution in [0.15, 0.2) is 0 Å². The summed E-state index contributed by atoms with van der Waals surface area (Å²) < 4.78 is 0. The quantitative estimate of drug-likeness (QED) is 0.466. The van der Waals surface area contributed by atoms with Crippen LogP contribution in [-0.2, 0) is 10.1 Å². The van der Waals surface area contributed by atoms with E-state index in [4.69, 9.17) is 0 Å². The zero-order chi connectivity index (χ0) is 4.71. The van der Waals surface area contributed by atoms with Gasteiger partial charge in [0.05, 0.1) is 0 Å². The van der Waals surface area contributed by atoms with E-state index >= 15 is 0 Å². The molecule has 0 bridgehead atoms. The van der Waals surface area contributed by atoms with Gasteiger partial charge in [0.15, 0.2) is 0 Å². The molecule has 30 valence electrons. The molecule has 0 aliphatic rings. The molecule has 0 saturated heterocycles. The van der Waals surface area contributed by atoms with E-state index in [1.54, 1.807) is 0 Å². The second-order valence-corrected chi connectivity index (χ2v) is 23.6. The monoisotopic (exact) mass is 348 g/mol. The molecule has 0 aliphatic heterocycles. The normalized spacial score (nSPS) is 3.20. The van der Waals surface area contributed by atoms with Gasteiger partial charge in [-0.15, -0.1) is 0 Å². The molecule has 0 saturated carbocycles. The Kier molecular flexibility index (Phi) is 33.5. The second kappa shape index (κ2) is 16.5. The van der Waals surface area contributed by atoms with Crippen LogP contribution in [0.4, 0.5) is 0 Å². The summed E-state index contributed by atoms with van der Waals surface area (Å²) >= 11 is 4.93. The van der Waals surface area contributed by atoms with E-state index in [0.29, 0.717) is 0 Å². The van der Waals surface area contributed by atoms with Crippen molar-refractivity contribution in [1.82, 2.24) is 0 Å². The minimum absolute atomic E-state index is 0.0650. The van der Waals surface area contributed by atoms with Crippen molar-refractivity contribution in [2.45, 2.75) is 13.8 Å². The molecular weight excluding hydrogens is 343 g/mol. The first-order valence-corrected chi connectivity index (χ1v) is 19.6. The van der Waals surface area contributed by atoms with E-state index in [-0.39, 0.29) is 10.1 Å². The molecule has 0 radical (unpaired) electrons. The summed E-state index contributed by atoms with van der Waals surface area (Å²) in [4.78, 5) is 0. The van der Waals surface area contributed by atoms with Crippen molar-refractivity contribution in [2.75, 3.05) is 0 Å². The zero-order valence-corrected chi connectivity index (χ0v) is 10.7. The molecule has 0 rings (SSSR count). The molecule has 0 aromatic heterocycles. The van der Waals surface area contributed by atoms with Gasteiger partial charge in [-0.1, -0.05) is 13.8 Å². The SMILES string of the molecule is CC.[I][Zn][I]. The average molecular weight is 349 g/mol. The minimum atomic E-state index is 0.0650. The van der Waals surface area contributed by atoms with Crippen LogP contribution < -0.4 is 0 Å². The van der Waals surface area contributed by atoms with E-state index in [0.717, 1.165) is 0 Å². The topological polar surface area (TPSA) is 0 Å². The molecule has 0 aliphatic carbocycles. The summed E-state index contributed by atoms with van der Waals surface area (Å²) in [7, 11) is 0.0650. The van der Waals surface area contributed by atoms with Crippen LogP contribution in [0.3, 0.4) is 0 Å². The molecule has 0 spiro atoms. The Balaban J connectivity index is 0. The van der Waals surface area contributed by atoms with Crippen molar-refractivity contribution in [3.05, 3.63) is 0 Å². The molecule has 0 aromatic carbocycles. The van der Waals surface area contributed by atoms with Crippen molar-refractivity contribution in [2.24, 2.45) is 0 Å². The van der Waals surface area contributed by atoms with Crippen LogP contribution in [-0.4, -0.2) is 0 Å². The van der Waals surface area contributed by atoms with Crippen LogP contribution in [0, 0.1) is 0 Å². The van der Waals surface area contributed by atoms with Gasteiger partial charge in [-0.05, 0) is 0 Å². The van der Waals surface area contributed by atoms with Gasteiger partial charge in [-0.2, -0.15) is 0 Å².